The van der Waals surface area contributed by atoms with Crippen molar-refractivity contribution in [2.24, 2.45) is 0 Å². The number of Topliss-reactive ketones (excluding diaryl/α,β-unsaturated/α-hetero) is 1. The summed E-state index contributed by atoms with van der Waals surface area (Å²) in [6.07, 6.45) is 4.84. The number of ketones is 1. The van der Waals surface area contributed by atoms with Crippen LogP contribution < -0.4 is 4.74 Å². The topological polar surface area (TPSA) is 44.1 Å². The van der Waals surface area contributed by atoms with Crippen molar-refractivity contribution in [1.82, 2.24) is 9.55 Å². The van der Waals surface area contributed by atoms with Crippen molar-refractivity contribution in [3.63, 3.8) is 0 Å². The van der Waals surface area contributed by atoms with Crippen molar-refractivity contribution in [2.75, 3.05) is 7.11 Å². The number of nitrogens with zero attached hydrogens (tertiary/aromatic N) is 2. The van der Waals surface area contributed by atoms with Crippen LogP contribution >= 0.6 is 11.6 Å². The lowest BCUT2D eigenvalue weighted by atomic mass is 10.1. The first-order valence-corrected chi connectivity index (χ1v) is 6.90. The highest BCUT2D eigenvalue weighted by Gasteiger charge is 2.16. The van der Waals surface area contributed by atoms with Crippen LogP contribution in [0.4, 0.5) is 0 Å². The largest absolute Gasteiger partial charge is 0.496 e. The molecule has 1 aromatic heterocycles. The maximum atomic E-state index is 12.4. The van der Waals surface area contributed by atoms with Gasteiger partial charge < -0.3 is 9.30 Å². The average molecular weight is 293 g/mol. The molecule has 0 spiro atoms. The van der Waals surface area contributed by atoms with Gasteiger partial charge in [-0.05, 0) is 24.6 Å². The molecule has 106 valence electrons. The van der Waals surface area contributed by atoms with Crippen LogP contribution in [0.2, 0.25) is 5.02 Å². The average Bonchev–Trinajstić information content (AvgIpc) is 2.86. The number of hydrogen-bond acceptors (Lipinski definition) is 3. The molecule has 4 nitrogen and oxygen atoms in total. The highest BCUT2D eigenvalue weighted by atomic mass is 35.5. The number of imidazole rings is 1. The van der Waals surface area contributed by atoms with Gasteiger partial charge in [0.2, 0.25) is 0 Å². The zero-order valence-electron chi connectivity index (χ0n) is 11.6. The van der Waals surface area contributed by atoms with Crippen LogP contribution in [-0.4, -0.2) is 22.4 Å². The van der Waals surface area contributed by atoms with Gasteiger partial charge in [0.05, 0.1) is 19.1 Å². The number of carbonyl (C=O) groups is 1. The van der Waals surface area contributed by atoms with Crippen LogP contribution in [0.1, 0.15) is 29.5 Å². The summed E-state index contributed by atoms with van der Waals surface area (Å²) in [6, 6.07) is 5.04. The van der Waals surface area contributed by atoms with Gasteiger partial charge in [-0.25, -0.2) is 4.98 Å². The van der Waals surface area contributed by atoms with Crippen molar-refractivity contribution in [1.29, 1.82) is 0 Å². The monoisotopic (exact) mass is 292 g/mol. The number of benzene rings is 1. The van der Waals surface area contributed by atoms with Crippen molar-refractivity contribution in [2.45, 2.75) is 26.3 Å². The molecule has 0 fully saturated rings. The van der Waals surface area contributed by atoms with Crippen molar-refractivity contribution < 1.29 is 9.53 Å². The molecule has 0 amide bonds. The molecule has 0 bridgehead atoms. The van der Waals surface area contributed by atoms with Crippen LogP contribution in [0.5, 0.6) is 5.75 Å². The van der Waals surface area contributed by atoms with Crippen molar-refractivity contribution in [3.05, 3.63) is 47.0 Å². The Bertz CT molecular complexity index is 608. The number of ether oxygens (including phenoxy) is 1. The molecule has 0 aliphatic carbocycles. The zero-order valence-corrected chi connectivity index (χ0v) is 12.4. The van der Waals surface area contributed by atoms with Crippen LogP contribution in [0.25, 0.3) is 0 Å². The molecule has 0 saturated carbocycles. The SMILES string of the molecule is CCCn1ccnc1CC(=O)c1cc(Cl)ccc1OC. The lowest BCUT2D eigenvalue weighted by Gasteiger charge is -2.09. The van der Waals surface area contributed by atoms with E-state index in [1.165, 1.54) is 7.11 Å². The van der Waals surface area contributed by atoms with Gasteiger partial charge in [0.25, 0.3) is 0 Å². The van der Waals surface area contributed by atoms with Gasteiger partial charge in [-0.2, -0.15) is 0 Å². The van der Waals surface area contributed by atoms with Gasteiger partial charge in [0.1, 0.15) is 11.6 Å². The van der Waals surface area contributed by atoms with Crippen LogP contribution in [0.3, 0.4) is 0 Å². The Labute approximate surface area is 123 Å². The second-order valence-electron chi connectivity index (χ2n) is 4.48. The number of methoxy groups -OCH3 is 1. The summed E-state index contributed by atoms with van der Waals surface area (Å²) in [5.41, 5.74) is 0.492. The molecule has 5 heteroatoms. The van der Waals surface area contributed by atoms with E-state index in [-0.39, 0.29) is 12.2 Å². The molecular formula is C15H17ClN2O2. The zero-order chi connectivity index (χ0) is 14.5. The number of aryl methyl sites for hydroxylation is 1. The number of aromatic nitrogens is 2. The van der Waals surface area contributed by atoms with Crippen LogP contribution in [-0.2, 0) is 13.0 Å². The predicted molar refractivity (Wildman–Crippen MR) is 78.6 cm³/mol. The first-order chi connectivity index (χ1) is 9.65. The van der Waals surface area contributed by atoms with E-state index in [0.29, 0.717) is 16.3 Å². The molecular weight excluding hydrogens is 276 g/mol. The van der Waals surface area contributed by atoms with Crippen LogP contribution in [0.15, 0.2) is 30.6 Å². The fourth-order valence-electron chi connectivity index (χ4n) is 2.09. The number of hydrogen-bond donors (Lipinski definition) is 0. The molecule has 0 N–H and O–H groups in total. The van der Waals surface area contributed by atoms with Crippen molar-refractivity contribution >= 4 is 17.4 Å². The summed E-state index contributed by atoms with van der Waals surface area (Å²) >= 11 is 5.95. The Hall–Kier alpha value is -1.81. The van der Waals surface area contributed by atoms with E-state index in [1.807, 2.05) is 10.8 Å². The molecule has 1 aromatic carbocycles. The summed E-state index contributed by atoms with van der Waals surface area (Å²) < 4.78 is 7.21. The molecule has 1 heterocycles. The molecule has 2 aromatic rings. The predicted octanol–water partition coefficient (Wildman–Crippen LogP) is 3.38. The van der Waals surface area contributed by atoms with Gasteiger partial charge in [-0.15, -0.1) is 0 Å². The van der Waals surface area contributed by atoms with E-state index in [9.17, 15) is 4.79 Å². The Balaban J connectivity index is 2.23. The molecule has 0 radical (unpaired) electrons. The third-order valence-corrected chi connectivity index (χ3v) is 3.28. The number of carbonyl (C=O) groups excluding carboxylic acids is 1. The molecule has 0 aliphatic heterocycles. The third-order valence-electron chi connectivity index (χ3n) is 3.05. The summed E-state index contributed by atoms with van der Waals surface area (Å²) in [4.78, 5) is 16.7. The van der Waals surface area contributed by atoms with E-state index in [2.05, 4.69) is 11.9 Å². The van der Waals surface area contributed by atoms with E-state index in [0.717, 1.165) is 18.8 Å². The van der Waals surface area contributed by atoms with E-state index >= 15 is 0 Å². The molecule has 0 atom stereocenters. The fraction of sp³-hybridized carbons (Fsp3) is 0.333. The summed E-state index contributed by atoms with van der Waals surface area (Å²) in [6.45, 7) is 2.95. The molecule has 0 saturated heterocycles. The second-order valence-corrected chi connectivity index (χ2v) is 4.92. The van der Waals surface area contributed by atoms with Gasteiger partial charge in [0.15, 0.2) is 5.78 Å². The number of rotatable bonds is 6. The minimum absolute atomic E-state index is 0.0482. The normalized spacial score (nSPS) is 10.6. The molecule has 0 aliphatic rings. The smallest absolute Gasteiger partial charge is 0.174 e. The Morgan fingerprint density at radius 3 is 2.95 bits per heavy atom. The van der Waals surface area contributed by atoms with Crippen LogP contribution in [0, 0.1) is 0 Å². The standard InChI is InChI=1S/C15H17ClN2O2/c1-3-7-18-8-6-17-15(18)10-13(19)12-9-11(16)4-5-14(12)20-2/h4-6,8-9H,3,7,10H2,1-2H3. The van der Waals surface area contributed by atoms with Crippen molar-refractivity contribution in [3.8, 4) is 5.75 Å². The maximum absolute atomic E-state index is 12.4. The Kier molecular flexibility index (Phi) is 4.79. The Morgan fingerprint density at radius 1 is 1.45 bits per heavy atom. The lowest BCUT2D eigenvalue weighted by Crippen LogP contribution is -2.11. The Morgan fingerprint density at radius 2 is 2.25 bits per heavy atom. The first kappa shape index (κ1) is 14.6. The summed E-state index contributed by atoms with van der Waals surface area (Å²) in [7, 11) is 1.54. The van der Waals surface area contributed by atoms with Gasteiger partial charge in [0, 0.05) is 24.0 Å². The molecule has 20 heavy (non-hydrogen) atoms. The van der Waals surface area contributed by atoms with Gasteiger partial charge in [-0.3, -0.25) is 4.79 Å². The quantitative estimate of drug-likeness (QED) is 0.767. The maximum Gasteiger partial charge on any atom is 0.174 e. The summed E-state index contributed by atoms with van der Waals surface area (Å²) in [5, 5.41) is 0.519. The summed E-state index contributed by atoms with van der Waals surface area (Å²) in [5.74, 6) is 1.25. The minimum atomic E-state index is -0.0482. The second kappa shape index (κ2) is 6.57. The minimum Gasteiger partial charge on any atom is -0.496 e. The lowest BCUT2D eigenvalue weighted by molar-refractivity contribution is 0.0986. The van der Waals surface area contributed by atoms with E-state index < -0.39 is 0 Å². The first-order valence-electron chi connectivity index (χ1n) is 6.52. The van der Waals surface area contributed by atoms with E-state index in [1.54, 1.807) is 24.4 Å². The highest BCUT2D eigenvalue weighted by Crippen LogP contribution is 2.24. The highest BCUT2D eigenvalue weighted by molar-refractivity contribution is 6.31. The fourth-order valence-corrected chi connectivity index (χ4v) is 2.26. The molecule has 2 rings (SSSR count). The molecule has 0 unspecified atom stereocenters. The van der Waals surface area contributed by atoms with Gasteiger partial charge >= 0.3 is 0 Å². The third kappa shape index (κ3) is 3.20. The van der Waals surface area contributed by atoms with Gasteiger partial charge in [-0.1, -0.05) is 18.5 Å². The van der Waals surface area contributed by atoms with E-state index in [4.69, 9.17) is 16.3 Å². The number of halogens is 1.